The van der Waals surface area contributed by atoms with Crippen LogP contribution in [0.1, 0.15) is 11.1 Å². The molecule has 0 nitrogen and oxygen atoms in total. The summed E-state index contributed by atoms with van der Waals surface area (Å²) < 4.78 is 0. The molecule has 0 aromatic heterocycles. The van der Waals surface area contributed by atoms with Gasteiger partial charge in [-0.2, -0.15) is 0 Å². The summed E-state index contributed by atoms with van der Waals surface area (Å²) in [5.74, 6) is 0. The van der Waals surface area contributed by atoms with Gasteiger partial charge in [-0.05, 0) is 117 Å². The van der Waals surface area contributed by atoms with Gasteiger partial charge in [0.05, 0.1) is 0 Å². The van der Waals surface area contributed by atoms with Gasteiger partial charge in [-0.3, -0.25) is 0 Å². The van der Waals surface area contributed by atoms with Crippen LogP contribution in [0.3, 0.4) is 0 Å². The fraction of sp³-hybridized carbons (Fsp3) is 0. The maximum absolute atomic E-state index is 2.37. The normalized spacial score (nSPS) is 11.5. The maximum atomic E-state index is 2.37. The molecule has 10 aromatic rings. The molecule has 0 heterocycles. The molecule has 0 N–H and O–H groups in total. The van der Waals surface area contributed by atoms with Crippen molar-refractivity contribution in [2.24, 2.45) is 0 Å². The van der Waals surface area contributed by atoms with E-state index in [9.17, 15) is 0 Å². The van der Waals surface area contributed by atoms with Crippen molar-refractivity contribution in [3.63, 3.8) is 0 Å². The molecule has 0 saturated heterocycles. The van der Waals surface area contributed by atoms with Crippen molar-refractivity contribution < 1.29 is 0 Å². The van der Waals surface area contributed by atoms with E-state index in [1.54, 1.807) is 0 Å². The quantitative estimate of drug-likeness (QED) is 0.114. The van der Waals surface area contributed by atoms with Crippen LogP contribution in [0.25, 0.3) is 100 Å². The van der Waals surface area contributed by atoms with Crippen LogP contribution in [-0.4, -0.2) is 0 Å². The van der Waals surface area contributed by atoms with Crippen molar-refractivity contribution in [2.75, 3.05) is 0 Å². The average Bonchev–Trinajstić information content (AvgIpc) is 3.28. The summed E-state index contributed by atoms with van der Waals surface area (Å²) in [6.07, 6.45) is 4.48. The molecule has 0 saturated carbocycles. The van der Waals surface area contributed by atoms with Gasteiger partial charge in [0, 0.05) is 0 Å². The van der Waals surface area contributed by atoms with E-state index in [-0.39, 0.29) is 0 Å². The van der Waals surface area contributed by atoms with E-state index in [2.05, 4.69) is 231 Å². The van der Waals surface area contributed by atoms with Crippen LogP contribution in [0.2, 0.25) is 0 Å². The summed E-state index contributed by atoms with van der Waals surface area (Å²) >= 11 is 0. The molecule has 10 aromatic carbocycles. The second kappa shape index (κ2) is 14.5. The van der Waals surface area contributed by atoms with E-state index in [0.717, 1.165) is 0 Å². The van der Waals surface area contributed by atoms with Crippen molar-refractivity contribution in [3.8, 4) is 55.6 Å². The van der Waals surface area contributed by atoms with Crippen LogP contribution < -0.4 is 0 Å². The molecule has 0 fully saturated rings. The van der Waals surface area contributed by atoms with E-state index in [1.165, 1.54) is 99.1 Å². The first-order chi connectivity index (χ1) is 27.8. The van der Waals surface area contributed by atoms with Gasteiger partial charge in [-0.25, -0.2) is 0 Å². The minimum absolute atomic E-state index is 1.17. The third-order valence-corrected chi connectivity index (χ3v) is 11.1. The summed E-state index contributed by atoms with van der Waals surface area (Å²) in [4.78, 5) is 0. The minimum Gasteiger partial charge on any atom is -0.0622 e. The molecule has 262 valence electrons. The van der Waals surface area contributed by atoms with Crippen molar-refractivity contribution in [1.29, 1.82) is 0 Å². The SMILES string of the molecule is C(=Cc1ccc(-c2ccccc2)c2ccccc12)c1ccc(-c2c3ccccc3c(-c3cc(-c4ccccc4)cc(-c4ccccc4)c3)c3ccccc23)cc1. The predicted molar refractivity (Wildman–Crippen MR) is 242 cm³/mol. The molecular weight excluding hydrogens is 673 g/mol. The second-order valence-corrected chi connectivity index (χ2v) is 14.4. The molecule has 0 heteroatoms. The largest absolute Gasteiger partial charge is 0.0622 e. The van der Waals surface area contributed by atoms with Gasteiger partial charge in [0.2, 0.25) is 0 Å². The summed E-state index contributed by atoms with van der Waals surface area (Å²) in [6.45, 7) is 0. The number of fused-ring (bicyclic) bond motifs is 3. The van der Waals surface area contributed by atoms with Crippen LogP contribution >= 0.6 is 0 Å². The lowest BCUT2D eigenvalue weighted by atomic mass is 9.84. The molecule has 0 spiro atoms. The zero-order valence-corrected chi connectivity index (χ0v) is 30.9. The Morgan fingerprint density at radius 2 is 0.643 bits per heavy atom. The second-order valence-electron chi connectivity index (χ2n) is 14.4. The Hall–Kier alpha value is -7.28. The predicted octanol–water partition coefficient (Wildman–Crippen LogP) is 15.7. The fourth-order valence-electron chi connectivity index (χ4n) is 8.40. The van der Waals surface area contributed by atoms with E-state index < -0.39 is 0 Å². The molecule has 0 bridgehead atoms. The average molecular weight is 711 g/mol. The smallest absolute Gasteiger partial charge is 0.00259 e. The fourth-order valence-corrected chi connectivity index (χ4v) is 8.40. The molecule has 0 unspecified atom stereocenters. The van der Waals surface area contributed by atoms with Crippen LogP contribution in [0.15, 0.2) is 218 Å². The molecule has 0 amide bonds. The highest BCUT2D eigenvalue weighted by Gasteiger charge is 2.18. The summed E-state index contributed by atoms with van der Waals surface area (Å²) in [5, 5.41) is 7.52. The minimum atomic E-state index is 1.17. The maximum Gasteiger partial charge on any atom is -0.00259 e. The van der Waals surface area contributed by atoms with E-state index in [1.807, 2.05) is 0 Å². The van der Waals surface area contributed by atoms with Gasteiger partial charge in [0.15, 0.2) is 0 Å². The van der Waals surface area contributed by atoms with Crippen LogP contribution in [0, 0.1) is 0 Å². The van der Waals surface area contributed by atoms with Gasteiger partial charge in [0.25, 0.3) is 0 Å². The molecule has 10 rings (SSSR count). The Balaban J connectivity index is 1.08. The van der Waals surface area contributed by atoms with Gasteiger partial charge in [-0.1, -0.05) is 212 Å². The Kier molecular flexibility index (Phi) is 8.63. The molecule has 56 heavy (non-hydrogen) atoms. The topological polar surface area (TPSA) is 0 Å². The van der Waals surface area contributed by atoms with Gasteiger partial charge >= 0.3 is 0 Å². The zero-order chi connectivity index (χ0) is 37.3. The van der Waals surface area contributed by atoms with Crippen molar-refractivity contribution in [3.05, 3.63) is 230 Å². The van der Waals surface area contributed by atoms with E-state index >= 15 is 0 Å². The lowest BCUT2D eigenvalue weighted by molar-refractivity contribution is 1.58. The van der Waals surface area contributed by atoms with Gasteiger partial charge < -0.3 is 0 Å². The monoisotopic (exact) mass is 710 g/mol. The Morgan fingerprint density at radius 1 is 0.232 bits per heavy atom. The lowest BCUT2D eigenvalue weighted by Crippen LogP contribution is -1.92. The van der Waals surface area contributed by atoms with Gasteiger partial charge in [-0.15, -0.1) is 0 Å². The van der Waals surface area contributed by atoms with Gasteiger partial charge in [0.1, 0.15) is 0 Å². The number of rotatable bonds is 7. The van der Waals surface area contributed by atoms with E-state index in [0.29, 0.717) is 0 Å². The van der Waals surface area contributed by atoms with Crippen molar-refractivity contribution >= 4 is 44.5 Å². The standard InChI is InChI=1S/C56H38/c1-4-16-40(17-5-1)45-36-46(41-18-6-2-7-19-41)38-47(37-45)56-53-26-14-12-24-51(53)55(52-25-13-15-27-54(52)56)44-32-29-39(30-33-44)28-31-43-34-35-49(42-20-8-3-9-21-42)50-23-11-10-22-48(43)50/h1-38H. The molecule has 0 aliphatic heterocycles. The summed E-state index contributed by atoms with van der Waals surface area (Å²) in [5.41, 5.74) is 14.7. The van der Waals surface area contributed by atoms with Crippen molar-refractivity contribution in [1.82, 2.24) is 0 Å². The summed E-state index contributed by atoms with van der Waals surface area (Å²) in [7, 11) is 0. The first-order valence-electron chi connectivity index (χ1n) is 19.3. The first-order valence-corrected chi connectivity index (χ1v) is 19.3. The number of benzene rings is 10. The number of hydrogen-bond acceptors (Lipinski definition) is 0. The molecule has 0 atom stereocenters. The summed E-state index contributed by atoms with van der Waals surface area (Å²) in [6, 6.07) is 79.3. The molecule has 0 radical (unpaired) electrons. The Labute approximate surface area is 328 Å². The highest BCUT2D eigenvalue weighted by molar-refractivity contribution is 6.21. The number of hydrogen-bond donors (Lipinski definition) is 0. The van der Waals surface area contributed by atoms with Crippen molar-refractivity contribution in [2.45, 2.75) is 0 Å². The molecule has 0 aliphatic rings. The molecule has 0 aliphatic carbocycles. The highest BCUT2D eigenvalue weighted by Crippen LogP contribution is 2.45. The van der Waals surface area contributed by atoms with Crippen LogP contribution in [0.4, 0.5) is 0 Å². The van der Waals surface area contributed by atoms with Crippen LogP contribution in [0.5, 0.6) is 0 Å². The Morgan fingerprint density at radius 3 is 1.16 bits per heavy atom. The Bertz CT molecular complexity index is 2910. The van der Waals surface area contributed by atoms with Crippen LogP contribution in [-0.2, 0) is 0 Å². The molecular formula is C56H38. The first kappa shape index (κ1) is 33.3. The third kappa shape index (κ3) is 6.18. The zero-order valence-electron chi connectivity index (χ0n) is 30.9. The lowest BCUT2D eigenvalue weighted by Gasteiger charge is -2.19. The highest BCUT2D eigenvalue weighted by atomic mass is 14.2. The third-order valence-electron chi connectivity index (χ3n) is 11.1. The van der Waals surface area contributed by atoms with E-state index in [4.69, 9.17) is 0 Å².